The van der Waals surface area contributed by atoms with Crippen LogP contribution in [0, 0.1) is 13.8 Å². The highest BCUT2D eigenvalue weighted by atomic mass is 16.3. The highest BCUT2D eigenvalue weighted by molar-refractivity contribution is 5.90. The largest absolute Gasteiger partial charge is 0.392 e. The highest BCUT2D eigenvalue weighted by Crippen LogP contribution is 2.29. The van der Waals surface area contributed by atoms with E-state index in [0.29, 0.717) is 25.5 Å². The van der Waals surface area contributed by atoms with Crippen LogP contribution in [0.5, 0.6) is 0 Å². The number of β-amino-alcohol motifs (C(OH)–C–C–N with tert-alkyl or cyclic N) is 1. The first-order chi connectivity index (χ1) is 17.1. The van der Waals surface area contributed by atoms with Gasteiger partial charge in [-0.3, -0.25) is 0 Å². The minimum absolute atomic E-state index is 0.397. The monoisotopic (exact) mass is 471 g/mol. The fraction of sp³-hybridized carbons (Fsp3) is 0.370. The lowest BCUT2D eigenvalue weighted by Crippen LogP contribution is -2.30. The second-order valence-corrected chi connectivity index (χ2v) is 9.34. The third-order valence-corrected chi connectivity index (χ3v) is 6.59. The van der Waals surface area contributed by atoms with E-state index in [1.807, 2.05) is 41.2 Å². The minimum atomic E-state index is -0.397. The van der Waals surface area contributed by atoms with Crippen LogP contribution >= 0.6 is 0 Å². The number of anilines is 4. The molecule has 3 heterocycles. The Balaban J connectivity index is 1.43. The molecule has 3 N–H and O–H groups in total. The first-order valence-electron chi connectivity index (χ1n) is 12.4. The summed E-state index contributed by atoms with van der Waals surface area (Å²) in [5, 5.41) is 23.2. The van der Waals surface area contributed by atoms with Crippen LogP contribution in [0.2, 0.25) is 0 Å². The summed E-state index contributed by atoms with van der Waals surface area (Å²) in [6, 6.07) is 16.1. The summed E-state index contributed by atoms with van der Waals surface area (Å²) in [5.41, 5.74) is 5.00. The molecule has 0 spiro atoms. The molecule has 5 rings (SSSR count). The molecular weight excluding hydrogens is 438 g/mol. The summed E-state index contributed by atoms with van der Waals surface area (Å²) in [6.45, 7) is 7.61. The van der Waals surface area contributed by atoms with Crippen molar-refractivity contribution in [3.8, 4) is 0 Å². The fourth-order valence-electron chi connectivity index (χ4n) is 4.67. The molecule has 0 aliphatic carbocycles. The summed E-state index contributed by atoms with van der Waals surface area (Å²) >= 11 is 0. The van der Waals surface area contributed by atoms with Crippen molar-refractivity contribution in [1.82, 2.24) is 24.6 Å². The molecule has 2 aromatic heterocycles. The lowest BCUT2D eigenvalue weighted by molar-refractivity contribution is 0.112. The molecule has 1 fully saturated rings. The van der Waals surface area contributed by atoms with Gasteiger partial charge in [0.2, 0.25) is 5.95 Å². The van der Waals surface area contributed by atoms with Gasteiger partial charge in [0.1, 0.15) is 0 Å². The van der Waals surface area contributed by atoms with E-state index in [2.05, 4.69) is 52.6 Å². The topological polar surface area (TPSA) is 91.1 Å². The average Bonchev–Trinajstić information content (AvgIpc) is 3.48. The molecule has 1 aliphatic heterocycles. The Labute approximate surface area is 206 Å². The number of nitrogens with zero attached hydrogens (tertiary/aromatic N) is 5. The molecule has 1 aliphatic rings. The number of aliphatic hydroxyl groups excluding tert-OH is 1. The zero-order valence-corrected chi connectivity index (χ0v) is 20.4. The quantitative estimate of drug-likeness (QED) is 0.324. The number of para-hydroxylation sites is 2. The van der Waals surface area contributed by atoms with Crippen molar-refractivity contribution in [2.75, 3.05) is 30.3 Å². The van der Waals surface area contributed by atoms with Gasteiger partial charge in [-0.1, -0.05) is 36.4 Å². The highest BCUT2D eigenvalue weighted by Gasteiger charge is 2.19. The van der Waals surface area contributed by atoms with Crippen LogP contribution in [0.1, 0.15) is 30.4 Å². The maximum absolute atomic E-state index is 10.7. The maximum Gasteiger partial charge on any atom is 0.229 e. The Hall–Kier alpha value is -3.49. The zero-order chi connectivity index (χ0) is 24.2. The van der Waals surface area contributed by atoms with Gasteiger partial charge in [-0.05, 0) is 69.5 Å². The van der Waals surface area contributed by atoms with Crippen molar-refractivity contribution >= 4 is 34.2 Å². The van der Waals surface area contributed by atoms with E-state index < -0.39 is 6.10 Å². The molecule has 8 nitrogen and oxygen atoms in total. The summed E-state index contributed by atoms with van der Waals surface area (Å²) in [6.07, 6.45) is 4.47. The Morgan fingerprint density at radius 3 is 2.46 bits per heavy atom. The molecule has 0 bridgehead atoms. The van der Waals surface area contributed by atoms with Crippen molar-refractivity contribution in [2.45, 2.75) is 45.8 Å². The van der Waals surface area contributed by atoms with E-state index in [1.54, 1.807) is 0 Å². The number of hydrogen-bond donors (Lipinski definition) is 3. The van der Waals surface area contributed by atoms with E-state index in [0.717, 1.165) is 52.4 Å². The summed E-state index contributed by atoms with van der Waals surface area (Å²) in [4.78, 5) is 11.7. The molecule has 0 saturated carbocycles. The number of nitrogens with one attached hydrogen (secondary N) is 2. The second kappa shape index (κ2) is 10.4. The number of rotatable bonds is 9. The third-order valence-electron chi connectivity index (χ3n) is 6.59. The zero-order valence-electron chi connectivity index (χ0n) is 20.4. The van der Waals surface area contributed by atoms with E-state index >= 15 is 0 Å². The molecule has 0 radical (unpaired) electrons. The van der Waals surface area contributed by atoms with Crippen LogP contribution in [0.4, 0.5) is 23.1 Å². The van der Waals surface area contributed by atoms with Gasteiger partial charge in [0.25, 0.3) is 0 Å². The lowest BCUT2D eigenvalue weighted by atomic mass is 10.1. The molecule has 1 atom stereocenters. The number of hydrogen-bond acceptors (Lipinski definition) is 7. The molecule has 8 heteroatoms. The van der Waals surface area contributed by atoms with E-state index in [4.69, 9.17) is 10.1 Å². The number of aryl methyl sites for hydroxylation is 3. The van der Waals surface area contributed by atoms with Crippen molar-refractivity contribution < 1.29 is 5.11 Å². The predicted octanol–water partition coefficient (Wildman–Crippen LogP) is 4.78. The van der Waals surface area contributed by atoms with Gasteiger partial charge in [-0.2, -0.15) is 10.1 Å². The summed E-state index contributed by atoms with van der Waals surface area (Å²) in [7, 11) is 0. The normalized spacial score (nSPS) is 14.9. The van der Waals surface area contributed by atoms with E-state index in [-0.39, 0.29) is 0 Å². The molecule has 2 aromatic carbocycles. The van der Waals surface area contributed by atoms with E-state index in [9.17, 15) is 5.11 Å². The van der Waals surface area contributed by atoms with Gasteiger partial charge in [-0.25, -0.2) is 9.67 Å². The SMILES string of the molecule is Cc1cccc(C)c1Nc1nn(CCC(O)CN2CCCC2)c2nc(Nc3ccccc3)ncc12. The summed E-state index contributed by atoms with van der Waals surface area (Å²) in [5.74, 6) is 1.23. The Kier molecular flexibility index (Phi) is 6.92. The van der Waals surface area contributed by atoms with Gasteiger partial charge in [0.15, 0.2) is 11.5 Å². The first-order valence-corrected chi connectivity index (χ1v) is 12.4. The van der Waals surface area contributed by atoms with Crippen molar-refractivity contribution in [3.05, 3.63) is 65.9 Å². The molecule has 182 valence electrons. The van der Waals surface area contributed by atoms with Crippen LogP contribution in [0.25, 0.3) is 11.0 Å². The number of fused-ring (bicyclic) bond motifs is 1. The number of likely N-dealkylation sites (tertiary alicyclic amines) is 1. The van der Waals surface area contributed by atoms with Crippen LogP contribution in [0.3, 0.4) is 0 Å². The smallest absolute Gasteiger partial charge is 0.229 e. The van der Waals surface area contributed by atoms with Gasteiger partial charge in [0.05, 0.1) is 11.5 Å². The van der Waals surface area contributed by atoms with E-state index in [1.165, 1.54) is 12.8 Å². The Morgan fingerprint density at radius 2 is 1.71 bits per heavy atom. The molecule has 35 heavy (non-hydrogen) atoms. The number of aromatic nitrogens is 4. The van der Waals surface area contributed by atoms with Crippen LogP contribution < -0.4 is 10.6 Å². The molecule has 4 aromatic rings. The molecule has 1 saturated heterocycles. The van der Waals surface area contributed by atoms with Gasteiger partial charge in [-0.15, -0.1) is 0 Å². The maximum atomic E-state index is 10.7. The fourth-order valence-corrected chi connectivity index (χ4v) is 4.67. The predicted molar refractivity (Wildman–Crippen MR) is 141 cm³/mol. The van der Waals surface area contributed by atoms with Gasteiger partial charge in [0, 0.05) is 30.7 Å². The Morgan fingerprint density at radius 1 is 0.971 bits per heavy atom. The first kappa shape index (κ1) is 23.3. The van der Waals surface area contributed by atoms with Crippen LogP contribution in [0.15, 0.2) is 54.7 Å². The molecule has 1 unspecified atom stereocenters. The van der Waals surface area contributed by atoms with Crippen LogP contribution in [-0.4, -0.2) is 55.5 Å². The average molecular weight is 472 g/mol. The van der Waals surface area contributed by atoms with Crippen molar-refractivity contribution in [2.24, 2.45) is 0 Å². The van der Waals surface area contributed by atoms with Gasteiger partial charge >= 0.3 is 0 Å². The molecular formula is C27H33N7O. The second-order valence-electron chi connectivity index (χ2n) is 9.34. The standard InChI is InChI=1S/C27H33N7O/c1-19-9-8-10-20(2)24(19)30-25-23-17-28-27(29-21-11-4-3-5-12-21)31-26(23)34(32-25)16-13-22(35)18-33-14-6-7-15-33/h3-5,8-12,17,22,35H,6-7,13-16,18H2,1-2H3,(H,30,32)(H,28,29,31). The third kappa shape index (κ3) is 5.44. The number of aliphatic hydroxyl groups is 1. The number of benzene rings is 2. The Bertz CT molecular complexity index is 1260. The molecule has 0 amide bonds. The lowest BCUT2D eigenvalue weighted by Gasteiger charge is -2.19. The van der Waals surface area contributed by atoms with Gasteiger partial charge < -0.3 is 20.6 Å². The van der Waals surface area contributed by atoms with Crippen LogP contribution in [-0.2, 0) is 6.54 Å². The van der Waals surface area contributed by atoms with Crippen molar-refractivity contribution in [1.29, 1.82) is 0 Å². The minimum Gasteiger partial charge on any atom is -0.392 e. The summed E-state index contributed by atoms with van der Waals surface area (Å²) < 4.78 is 1.89. The van der Waals surface area contributed by atoms with Crippen molar-refractivity contribution in [3.63, 3.8) is 0 Å².